The normalized spacial score (nSPS) is 12.6. The van der Waals surface area contributed by atoms with E-state index >= 15 is 0 Å². The summed E-state index contributed by atoms with van der Waals surface area (Å²) in [6, 6.07) is 0. The Morgan fingerprint density at radius 1 is 1.62 bits per heavy atom. The topological polar surface area (TPSA) is 81.2 Å². The predicted octanol–water partition coefficient (Wildman–Crippen LogP) is -0.112. The van der Waals surface area contributed by atoms with Crippen molar-refractivity contribution >= 4 is 15.8 Å². The van der Waals surface area contributed by atoms with Crippen molar-refractivity contribution in [2.24, 2.45) is 7.05 Å². The fourth-order valence-corrected chi connectivity index (χ4v) is 2.38. The van der Waals surface area contributed by atoms with E-state index in [-0.39, 0.29) is 10.7 Å². The van der Waals surface area contributed by atoms with Crippen LogP contribution in [-0.2, 0) is 17.1 Å². The largest absolute Gasteiger partial charge is 0.381 e. The van der Waals surface area contributed by atoms with E-state index in [2.05, 4.69) is 5.10 Å². The number of nitrogen functional groups attached to an aromatic ring is 1. The summed E-state index contributed by atoms with van der Waals surface area (Å²) in [4.78, 5) is -0.266. The molecule has 0 aromatic carbocycles. The average molecular weight is 254 g/mol. The van der Waals surface area contributed by atoms with Gasteiger partial charge in [0.1, 0.15) is 4.90 Å². The maximum Gasteiger partial charge on any atom is 0.252 e. The molecule has 0 aliphatic carbocycles. The Balaban J connectivity index is 3.07. The summed E-state index contributed by atoms with van der Waals surface area (Å²) in [5.74, 6) is -0.205. The second-order valence-corrected chi connectivity index (χ2v) is 5.24. The van der Waals surface area contributed by atoms with Crippen LogP contribution >= 0.6 is 0 Å². The van der Waals surface area contributed by atoms with Crippen LogP contribution in [0.3, 0.4) is 0 Å². The van der Waals surface area contributed by atoms with E-state index in [9.17, 15) is 17.2 Å². The summed E-state index contributed by atoms with van der Waals surface area (Å²) in [5, 5.41) is 3.64. The average Bonchev–Trinajstić information content (AvgIpc) is 2.44. The van der Waals surface area contributed by atoms with Crippen LogP contribution in [0.2, 0.25) is 0 Å². The van der Waals surface area contributed by atoms with Gasteiger partial charge in [0.25, 0.3) is 6.43 Å². The molecule has 0 amide bonds. The van der Waals surface area contributed by atoms with Crippen LogP contribution in [0, 0.1) is 0 Å². The number of sulfonamides is 1. The Morgan fingerprint density at radius 2 is 2.19 bits per heavy atom. The third-order valence-corrected chi connectivity index (χ3v) is 3.75. The van der Waals surface area contributed by atoms with Gasteiger partial charge in [-0.2, -0.15) is 9.40 Å². The van der Waals surface area contributed by atoms with E-state index in [0.717, 1.165) is 7.05 Å². The van der Waals surface area contributed by atoms with Gasteiger partial charge in [-0.05, 0) is 0 Å². The molecule has 0 unspecified atom stereocenters. The Labute approximate surface area is 91.7 Å². The minimum Gasteiger partial charge on any atom is -0.381 e. The smallest absolute Gasteiger partial charge is 0.252 e. The zero-order valence-electron chi connectivity index (χ0n) is 8.76. The Morgan fingerprint density at radius 3 is 2.56 bits per heavy atom. The van der Waals surface area contributed by atoms with Crippen LogP contribution in [0.5, 0.6) is 0 Å². The molecule has 0 saturated carbocycles. The van der Waals surface area contributed by atoms with Gasteiger partial charge in [-0.1, -0.05) is 0 Å². The van der Waals surface area contributed by atoms with Crippen molar-refractivity contribution in [2.45, 2.75) is 11.3 Å². The monoisotopic (exact) mass is 254 g/mol. The first-order valence-corrected chi connectivity index (χ1v) is 5.72. The van der Waals surface area contributed by atoms with Crippen LogP contribution in [0.15, 0.2) is 11.1 Å². The Bertz CT molecular complexity index is 471. The van der Waals surface area contributed by atoms with E-state index in [1.54, 1.807) is 0 Å². The molecule has 0 saturated heterocycles. The van der Waals surface area contributed by atoms with Crippen LogP contribution in [0.25, 0.3) is 0 Å². The molecular weight excluding hydrogens is 242 g/mol. The highest BCUT2D eigenvalue weighted by Gasteiger charge is 2.27. The minimum atomic E-state index is -4.00. The summed E-state index contributed by atoms with van der Waals surface area (Å²) in [5.41, 5.74) is 5.37. The highest BCUT2D eigenvalue weighted by Crippen LogP contribution is 2.20. The molecule has 0 radical (unpaired) electrons. The van der Waals surface area contributed by atoms with Gasteiger partial charge in [0.05, 0.1) is 6.54 Å². The maximum absolute atomic E-state index is 12.1. The molecule has 0 spiro atoms. The molecule has 0 fully saturated rings. The first kappa shape index (κ1) is 12.8. The number of hydrogen-bond acceptors (Lipinski definition) is 4. The number of nitrogens with zero attached hydrogens (tertiary/aromatic N) is 3. The zero-order chi connectivity index (χ0) is 12.5. The molecule has 1 aromatic rings. The molecule has 16 heavy (non-hydrogen) atoms. The van der Waals surface area contributed by atoms with Crippen molar-refractivity contribution < 1.29 is 17.2 Å². The predicted molar refractivity (Wildman–Crippen MR) is 53.4 cm³/mol. The molecule has 1 rings (SSSR count). The number of alkyl halides is 2. The first-order chi connectivity index (χ1) is 7.25. The molecule has 9 heteroatoms. The Kier molecular flexibility index (Phi) is 3.48. The van der Waals surface area contributed by atoms with Crippen LogP contribution in [0.1, 0.15) is 0 Å². The van der Waals surface area contributed by atoms with Crippen molar-refractivity contribution in [3.63, 3.8) is 0 Å². The lowest BCUT2D eigenvalue weighted by Crippen LogP contribution is -2.31. The first-order valence-electron chi connectivity index (χ1n) is 4.28. The number of halogens is 2. The molecule has 2 N–H and O–H groups in total. The number of anilines is 1. The molecule has 0 aliphatic rings. The fourth-order valence-electron chi connectivity index (χ4n) is 1.14. The summed E-state index contributed by atoms with van der Waals surface area (Å²) in [7, 11) is -1.45. The highest BCUT2D eigenvalue weighted by molar-refractivity contribution is 7.89. The fraction of sp³-hybridized carbons (Fsp3) is 0.571. The lowest BCUT2D eigenvalue weighted by molar-refractivity contribution is 0.126. The van der Waals surface area contributed by atoms with Crippen LogP contribution < -0.4 is 5.73 Å². The molecule has 92 valence electrons. The van der Waals surface area contributed by atoms with Gasteiger partial charge in [0.2, 0.25) is 10.0 Å². The SMILES string of the molecule is CN(CC(F)F)S(=O)(=O)c1cn(C)nc1N. The quantitative estimate of drug-likeness (QED) is 0.812. The van der Waals surface area contributed by atoms with Crippen LogP contribution in [0.4, 0.5) is 14.6 Å². The van der Waals surface area contributed by atoms with Gasteiger partial charge in [-0.3, -0.25) is 4.68 Å². The van der Waals surface area contributed by atoms with Crippen LogP contribution in [-0.4, -0.2) is 42.5 Å². The van der Waals surface area contributed by atoms with Crippen molar-refractivity contribution in [1.29, 1.82) is 0 Å². The standard InChI is InChI=1S/C7H12F2N4O2S/c1-12-3-5(7(10)11-12)16(14,15)13(2)4-6(8)9/h3,6H,4H2,1-2H3,(H2,10,11). The molecule has 0 bridgehead atoms. The van der Waals surface area contributed by atoms with Gasteiger partial charge >= 0.3 is 0 Å². The van der Waals surface area contributed by atoms with Crippen molar-refractivity contribution in [3.05, 3.63) is 6.20 Å². The molecular formula is C7H12F2N4O2S. The number of rotatable bonds is 4. The van der Waals surface area contributed by atoms with Crippen molar-refractivity contribution in [3.8, 4) is 0 Å². The maximum atomic E-state index is 12.1. The second kappa shape index (κ2) is 4.34. The zero-order valence-corrected chi connectivity index (χ0v) is 9.58. The summed E-state index contributed by atoms with van der Waals surface area (Å²) in [6.07, 6.45) is -1.57. The highest BCUT2D eigenvalue weighted by atomic mass is 32.2. The summed E-state index contributed by atoms with van der Waals surface area (Å²) < 4.78 is 49.4. The second-order valence-electron chi connectivity index (χ2n) is 3.23. The molecule has 6 nitrogen and oxygen atoms in total. The molecule has 0 atom stereocenters. The molecule has 1 heterocycles. The van der Waals surface area contributed by atoms with Gasteiger partial charge in [0.15, 0.2) is 5.82 Å². The number of aromatic nitrogens is 2. The van der Waals surface area contributed by atoms with Gasteiger partial charge in [-0.15, -0.1) is 0 Å². The van der Waals surface area contributed by atoms with Gasteiger partial charge in [-0.25, -0.2) is 17.2 Å². The van der Waals surface area contributed by atoms with Gasteiger partial charge in [0, 0.05) is 20.3 Å². The van der Waals surface area contributed by atoms with E-state index in [1.807, 2.05) is 0 Å². The van der Waals surface area contributed by atoms with Crippen molar-refractivity contribution in [1.82, 2.24) is 14.1 Å². The molecule has 0 aliphatic heterocycles. The van der Waals surface area contributed by atoms with E-state index < -0.39 is 23.0 Å². The summed E-state index contributed by atoms with van der Waals surface area (Å²) >= 11 is 0. The van der Waals surface area contributed by atoms with Crippen molar-refractivity contribution in [2.75, 3.05) is 19.3 Å². The third kappa shape index (κ3) is 2.47. The lowest BCUT2D eigenvalue weighted by Gasteiger charge is -2.15. The van der Waals surface area contributed by atoms with Gasteiger partial charge < -0.3 is 5.73 Å². The third-order valence-electron chi connectivity index (χ3n) is 1.91. The minimum absolute atomic E-state index is 0.205. The van der Waals surface area contributed by atoms with E-state index in [0.29, 0.717) is 4.31 Å². The summed E-state index contributed by atoms with van der Waals surface area (Å²) in [6.45, 7) is -0.878. The number of hydrogen-bond donors (Lipinski definition) is 1. The Hall–Kier alpha value is -1.22. The van der Waals surface area contributed by atoms with E-state index in [4.69, 9.17) is 5.73 Å². The van der Waals surface area contributed by atoms with E-state index in [1.165, 1.54) is 17.9 Å². The number of aryl methyl sites for hydroxylation is 1. The number of nitrogens with two attached hydrogens (primary N) is 1. The molecule has 1 aromatic heterocycles. The lowest BCUT2D eigenvalue weighted by atomic mass is 10.7.